The predicted octanol–water partition coefficient (Wildman–Crippen LogP) is 1.36. The van der Waals surface area contributed by atoms with Crippen LogP contribution in [0.15, 0.2) is 22.8 Å². The quantitative estimate of drug-likeness (QED) is 0.810. The molecule has 2 heterocycles. The van der Waals surface area contributed by atoms with Gasteiger partial charge in [-0.25, -0.2) is 0 Å². The summed E-state index contributed by atoms with van der Waals surface area (Å²) in [5, 5.41) is 3.37. The number of furan rings is 1. The number of nitrogens with zero attached hydrogens (tertiary/aromatic N) is 1. The van der Waals surface area contributed by atoms with Gasteiger partial charge in [-0.15, -0.1) is 0 Å². The van der Waals surface area contributed by atoms with Crippen LogP contribution in [0.5, 0.6) is 0 Å². The smallest absolute Gasteiger partial charge is 0.104 e. The van der Waals surface area contributed by atoms with Crippen LogP contribution in [0.4, 0.5) is 0 Å². The lowest BCUT2D eigenvalue weighted by molar-refractivity contribution is 0.208. The Morgan fingerprint density at radius 3 is 2.93 bits per heavy atom. The molecule has 0 aliphatic carbocycles. The van der Waals surface area contributed by atoms with Crippen LogP contribution < -0.4 is 5.32 Å². The summed E-state index contributed by atoms with van der Waals surface area (Å²) in [6.07, 6.45) is 2.81. The number of nitrogens with one attached hydrogen (secondary N) is 1. The second-order valence-electron chi connectivity index (χ2n) is 4.44. The van der Waals surface area contributed by atoms with Crippen molar-refractivity contribution in [3.63, 3.8) is 0 Å². The van der Waals surface area contributed by atoms with Gasteiger partial charge in [0, 0.05) is 39.1 Å². The molecule has 1 atom stereocenters. The number of rotatable bonds is 4. The van der Waals surface area contributed by atoms with Gasteiger partial charge >= 0.3 is 0 Å². The van der Waals surface area contributed by atoms with E-state index in [0.29, 0.717) is 5.92 Å². The third kappa shape index (κ3) is 3.36. The Labute approximate surface area is 91.4 Å². The van der Waals surface area contributed by atoms with E-state index in [4.69, 9.17) is 4.42 Å². The molecule has 0 amide bonds. The molecule has 0 spiro atoms. The van der Waals surface area contributed by atoms with Gasteiger partial charge in [0.15, 0.2) is 0 Å². The molecule has 1 saturated heterocycles. The molecule has 3 nitrogen and oxygen atoms in total. The largest absolute Gasteiger partial charge is 0.469 e. The van der Waals surface area contributed by atoms with Crippen LogP contribution in [-0.2, 0) is 6.42 Å². The lowest BCUT2D eigenvalue weighted by Crippen LogP contribution is -2.45. The molecule has 0 saturated carbocycles. The summed E-state index contributed by atoms with van der Waals surface area (Å²) >= 11 is 0. The average molecular weight is 208 g/mol. The molecule has 1 aromatic heterocycles. The first-order chi connectivity index (χ1) is 7.34. The molecule has 0 bridgehead atoms. The van der Waals surface area contributed by atoms with Crippen molar-refractivity contribution in [2.45, 2.75) is 13.3 Å². The van der Waals surface area contributed by atoms with E-state index in [2.05, 4.69) is 23.2 Å². The third-order valence-corrected chi connectivity index (χ3v) is 2.91. The van der Waals surface area contributed by atoms with Crippen LogP contribution >= 0.6 is 0 Å². The van der Waals surface area contributed by atoms with Crippen LogP contribution in [0.25, 0.3) is 0 Å². The molecule has 3 heteroatoms. The van der Waals surface area contributed by atoms with Crippen molar-refractivity contribution in [3.8, 4) is 0 Å². The molecule has 0 radical (unpaired) electrons. The average Bonchev–Trinajstić information content (AvgIpc) is 2.71. The lowest BCUT2D eigenvalue weighted by atomic mass is 10.1. The van der Waals surface area contributed by atoms with Crippen LogP contribution in [0.3, 0.4) is 0 Å². The van der Waals surface area contributed by atoms with E-state index in [-0.39, 0.29) is 0 Å². The molecule has 1 aliphatic heterocycles. The first kappa shape index (κ1) is 10.7. The summed E-state index contributed by atoms with van der Waals surface area (Å²) in [5.41, 5.74) is 0. The lowest BCUT2D eigenvalue weighted by Gasteiger charge is -2.29. The van der Waals surface area contributed by atoms with Crippen molar-refractivity contribution < 1.29 is 4.42 Å². The minimum atomic E-state index is 0.675. The first-order valence-electron chi connectivity index (χ1n) is 5.80. The van der Waals surface area contributed by atoms with Crippen LogP contribution in [0, 0.1) is 5.92 Å². The fraction of sp³-hybridized carbons (Fsp3) is 0.667. The zero-order chi connectivity index (χ0) is 10.5. The molecule has 84 valence electrons. The van der Waals surface area contributed by atoms with Crippen LogP contribution in [0.2, 0.25) is 0 Å². The Bertz CT molecular complexity index is 265. The highest BCUT2D eigenvalue weighted by atomic mass is 16.3. The van der Waals surface area contributed by atoms with Crippen molar-refractivity contribution in [3.05, 3.63) is 24.2 Å². The fourth-order valence-electron chi connectivity index (χ4n) is 2.17. The maximum atomic E-state index is 5.36. The number of hydrogen-bond donors (Lipinski definition) is 1. The van der Waals surface area contributed by atoms with Gasteiger partial charge in [0.2, 0.25) is 0 Å². The second kappa shape index (κ2) is 5.33. The minimum Gasteiger partial charge on any atom is -0.469 e. The zero-order valence-corrected chi connectivity index (χ0v) is 9.41. The fourth-order valence-corrected chi connectivity index (χ4v) is 2.17. The monoisotopic (exact) mass is 208 g/mol. The molecule has 1 aliphatic rings. The Morgan fingerprint density at radius 1 is 1.47 bits per heavy atom. The Morgan fingerprint density at radius 2 is 2.27 bits per heavy atom. The van der Waals surface area contributed by atoms with E-state index in [1.165, 1.54) is 19.6 Å². The topological polar surface area (TPSA) is 28.4 Å². The molecular formula is C12H20N2O. The van der Waals surface area contributed by atoms with Crippen LogP contribution in [0.1, 0.15) is 12.7 Å². The van der Waals surface area contributed by atoms with E-state index < -0.39 is 0 Å². The van der Waals surface area contributed by atoms with Gasteiger partial charge in [0.25, 0.3) is 0 Å². The molecule has 15 heavy (non-hydrogen) atoms. The van der Waals surface area contributed by atoms with E-state index in [1.54, 1.807) is 6.26 Å². The summed E-state index contributed by atoms with van der Waals surface area (Å²) in [6.45, 7) is 8.11. The molecule has 0 aromatic carbocycles. The third-order valence-electron chi connectivity index (χ3n) is 2.91. The maximum absolute atomic E-state index is 5.36. The van der Waals surface area contributed by atoms with Crippen molar-refractivity contribution in [2.75, 3.05) is 32.7 Å². The van der Waals surface area contributed by atoms with Crippen molar-refractivity contribution in [1.82, 2.24) is 10.2 Å². The molecule has 1 aromatic rings. The van der Waals surface area contributed by atoms with Gasteiger partial charge in [-0.3, -0.25) is 0 Å². The van der Waals surface area contributed by atoms with Gasteiger partial charge < -0.3 is 14.6 Å². The highest BCUT2D eigenvalue weighted by Crippen LogP contribution is 2.10. The summed E-state index contributed by atoms with van der Waals surface area (Å²) in [4.78, 5) is 2.53. The second-order valence-corrected chi connectivity index (χ2v) is 4.44. The number of piperazine rings is 1. The Hall–Kier alpha value is -0.800. The van der Waals surface area contributed by atoms with Crippen molar-refractivity contribution in [1.29, 1.82) is 0 Å². The molecule has 1 fully saturated rings. The zero-order valence-electron chi connectivity index (χ0n) is 9.41. The highest BCUT2D eigenvalue weighted by Gasteiger charge is 2.13. The summed E-state index contributed by atoms with van der Waals surface area (Å²) in [7, 11) is 0. The summed E-state index contributed by atoms with van der Waals surface area (Å²) in [5.74, 6) is 1.78. The van der Waals surface area contributed by atoms with Gasteiger partial charge in [-0.1, -0.05) is 6.92 Å². The van der Waals surface area contributed by atoms with Crippen molar-refractivity contribution >= 4 is 0 Å². The van der Waals surface area contributed by atoms with Gasteiger partial charge in [0.05, 0.1) is 6.26 Å². The normalized spacial score (nSPS) is 20.3. The maximum Gasteiger partial charge on any atom is 0.104 e. The van der Waals surface area contributed by atoms with Gasteiger partial charge in [0.1, 0.15) is 5.76 Å². The number of hydrogen-bond acceptors (Lipinski definition) is 3. The van der Waals surface area contributed by atoms with Crippen molar-refractivity contribution in [2.24, 2.45) is 5.92 Å². The van der Waals surface area contributed by atoms with Gasteiger partial charge in [-0.2, -0.15) is 0 Å². The Balaban J connectivity index is 1.74. The highest BCUT2D eigenvalue weighted by molar-refractivity contribution is 4.99. The van der Waals surface area contributed by atoms with E-state index in [9.17, 15) is 0 Å². The minimum absolute atomic E-state index is 0.675. The predicted molar refractivity (Wildman–Crippen MR) is 60.9 cm³/mol. The molecule has 2 rings (SSSR count). The molecule has 1 unspecified atom stereocenters. The Kier molecular flexibility index (Phi) is 3.80. The van der Waals surface area contributed by atoms with E-state index >= 15 is 0 Å². The summed E-state index contributed by atoms with van der Waals surface area (Å²) in [6, 6.07) is 4.03. The van der Waals surface area contributed by atoms with Gasteiger partial charge in [-0.05, 0) is 18.1 Å². The van der Waals surface area contributed by atoms with Crippen LogP contribution in [-0.4, -0.2) is 37.6 Å². The molecule has 1 N–H and O–H groups in total. The SMILES string of the molecule is CC(Cc1ccco1)CN1CCNCC1. The standard InChI is InChI=1S/C12H20N2O/c1-11(9-12-3-2-8-15-12)10-14-6-4-13-5-7-14/h2-3,8,11,13H,4-7,9-10H2,1H3. The first-order valence-corrected chi connectivity index (χ1v) is 5.80. The van der Waals surface area contributed by atoms with E-state index in [0.717, 1.165) is 25.3 Å². The summed E-state index contributed by atoms with van der Waals surface area (Å²) < 4.78 is 5.36. The molecular weight excluding hydrogens is 188 g/mol. The van der Waals surface area contributed by atoms with E-state index in [1.807, 2.05) is 6.07 Å².